The van der Waals surface area contributed by atoms with Crippen LogP contribution in [0.5, 0.6) is 0 Å². The predicted molar refractivity (Wildman–Crippen MR) is 124 cm³/mol. The third kappa shape index (κ3) is 9.15. The van der Waals surface area contributed by atoms with E-state index >= 15 is 0 Å². The van der Waals surface area contributed by atoms with E-state index in [1.54, 1.807) is 12.1 Å². The molecule has 2 aromatic carbocycles. The van der Waals surface area contributed by atoms with Crippen molar-refractivity contribution < 1.29 is 58.8 Å². The molecule has 2 aliphatic heterocycles. The number of carbonyl (C=O) groups is 3. The second-order valence-electron chi connectivity index (χ2n) is 7.20. The molecular weight excluding hydrogens is 602 g/mol. The molecule has 0 bridgehead atoms. The van der Waals surface area contributed by atoms with Gasteiger partial charge in [0.15, 0.2) is 31.2 Å². The number of halogens is 2. The Morgan fingerprint density at radius 3 is 1.67 bits per heavy atom. The Balaban J connectivity index is 0.000000296. The summed E-state index contributed by atoms with van der Waals surface area (Å²) in [6, 6.07) is 8.88. The van der Waals surface area contributed by atoms with Crippen molar-refractivity contribution in [3.8, 4) is 0 Å². The Morgan fingerprint density at radius 2 is 1.25 bits per heavy atom. The Morgan fingerprint density at radius 1 is 0.833 bits per heavy atom. The van der Waals surface area contributed by atoms with Crippen LogP contribution in [0.3, 0.4) is 0 Å². The molecular formula is C21H20Cl2MnO10S2. The molecule has 0 fully saturated rings. The van der Waals surface area contributed by atoms with Crippen molar-refractivity contribution in [3.05, 3.63) is 58.7 Å². The fourth-order valence-corrected chi connectivity index (χ4v) is 6.37. The van der Waals surface area contributed by atoms with Crippen molar-refractivity contribution in [2.24, 2.45) is 0 Å². The van der Waals surface area contributed by atoms with Gasteiger partial charge in [-0.3, -0.25) is 14.4 Å². The maximum atomic E-state index is 11.6. The number of benzene rings is 2. The second kappa shape index (κ2) is 14.7. The van der Waals surface area contributed by atoms with Gasteiger partial charge in [-0.2, -0.15) is 0 Å². The van der Waals surface area contributed by atoms with Crippen molar-refractivity contribution in [2.75, 3.05) is 16.8 Å². The molecule has 10 nitrogen and oxygen atoms in total. The standard InChI is InChI=1S/C10H10O4S.C10H8O4S.CH2Cl2.Mn.2O/c2*11-5-7-1-2-10-8(3-7)4-9(12)6-15(10,13)14;2-1-3;;;/h1-3,11H,4-6H2;1-3,5H,4,6H2;1H2;;;. The summed E-state index contributed by atoms with van der Waals surface area (Å²) in [4.78, 5) is 33.3. The third-order valence-corrected chi connectivity index (χ3v) is 8.22. The van der Waals surface area contributed by atoms with Gasteiger partial charge >= 0.3 is 22.5 Å². The van der Waals surface area contributed by atoms with Crippen LogP contribution in [0.25, 0.3) is 0 Å². The zero-order valence-electron chi connectivity index (χ0n) is 18.4. The van der Waals surface area contributed by atoms with Crippen molar-refractivity contribution >= 4 is 60.7 Å². The predicted octanol–water partition coefficient (Wildman–Crippen LogP) is 1.66. The van der Waals surface area contributed by atoms with Crippen LogP contribution in [-0.4, -0.2) is 56.6 Å². The zero-order valence-corrected chi connectivity index (χ0v) is 22.7. The third-order valence-electron chi connectivity index (χ3n) is 4.68. The number of rotatable bonds is 2. The van der Waals surface area contributed by atoms with Crippen LogP contribution in [0.15, 0.2) is 46.2 Å². The van der Waals surface area contributed by atoms with E-state index in [9.17, 15) is 31.2 Å². The van der Waals surface area contributed by atoms with E-state index in [1.807, 2.05) is 0 Å². The molecule has 0 saturated heterocycles. The number of aliphatic hydroxyl groups is 1. The fraction of sp³-hybridized carbons (Fsp3) is 0.286. The van der Waals surface area contributed by atoms with Crippen LogP contribution in [-0.2, 0) is 71.2 Å². The Labute approximate surface area is 223 Å². The number of hydrogen-bond donors (Lipinski definition) is 1. The molecule has 0 aromatic heterocycles. The van der Waals surface area contributed by atoms with Gasteiger partial charge in [-0.25, -0.2) is 16.8 Å². The van der Waals surface area contributed by atoms with Gasteiger partial charge < -0.3 is 5.11 Å². The molecule has 2 heterocycles. The van der Waals surface area contributed by atoms with E-state index in [2.05, 4.69) is 0 Å². The average Bonchev–Trinajstić information content (AvgIpc) is 2.78. The second-order valence-corrected chi connectivity index (χ2v) is 12.1. The topological polar surface area (TPSA) is 174 Å². The van der Waals surface area contributed by atoms with Crippen LogP contribution < -0.4 is 0 Å². The average molecular weight is 622 g/mol. The van der Waals surface area contributed by atoms with Gasteiger partial charge in [-0.15, -0.1) is 23.2 Å². The Kier molecular flexibility index (Phi) is 13.1. The van der Waals surface area contributed by atoms with Gasteiger partial charge in [0, 0.05) is 18.4 Å². The number of Topliss-reactive ketones (excluding diaryl/α,β-unsaturated/α-hetero) is 2. The minimum absolute atomic E-state index is 0.0935. The summed E-state index contributed by atoms with van der Waals surface area (Å²) in [5.41, 5.74) is 1.94. The first kappa shape index (κ1) is 32.0. The molecule has 1 N–H and O–H groups in total. The number of carbonyl (C=O) groups excluding carboxylic acids is 3. The normalized spacial score (nSPS) is 16.2. The van der Waals surface area contributed by atoms with Crippen molar-refractivity contribution in [2.45, 2.75) is 29.2 Å². The molecule has 0 aliphatic carbocycles. The monoisotopic (exact) mass is 621 g/mol. The summed E-state index contributed by atoms with van der Waals surface area (Å²) >= 11 is 8.09. The molecule has 36 heavy (non-hydrogen) atoms. The molecule has 15 heteroatoms. The van der Waals surface area contributed by atoms with E-state index in [0.29, 0.717) is 28.5 Å². The van der Waals surface area contributed by atoms with Crippen molar-refractivity contribution in [1.29, 1.82) is 0 Å². The van der Waals surface area contributed by atoms with Crippen LogP contribution in [0.1, 0.15) is 27.0 Å². The van der Waals surface area contributed by atoms with Gasteiger partial charge in [0.05, 0.1) is 21.7 Å². The zero-order chi connectivity index (χ0) is 27.5. The van der Waals surface area contributed by atoms with E-state index in [4.69, 9.17) is 36.0 Å². The molecule has 0 spiro atoms. The van der Waals surface area contributed by atoms with Gasteiger partial charge in [-0.05, 0) is 34.9 Å². The minimum atomic E-state index is -3.48. The number of ketones is 2. The van der Waals surface area contributed by atoms with Crippen LogP contribution in [0.4, 0.5) is 0 Å². The van der Waals surface area contributed by atoms with E-state index in [-0.39, 0.29) is 46.1 Å². The molecule has 2 aliphatic rings. The molecule has 0 saturated carbocycles. The summed E-state index contributed by atoms with van der Waals surface area (Å²) in [6.07, 6.45) is 0.866. The summed E-state index contributed by atoms with van der Waals surface area (Å²) in [5.74, 6) is -1.46. The first-order chi connectivity index (χ1) is 16.9. The number of fused-ring (bicyclic) bond motifs is 2. The van der Waals surface area contributed by atoms with Gasteiger partial charge in [0.2, 0.25) is 0 Å². The Hall–Kier alpha value is -1.99. The summed E-state index contributed by atoms with van der Waals surface area (Å²) in [5, 5.41) is 9.10. The molecule has 4 rings (SSSR count). The van der Waals surface area contributed by atoms with Gasteiger partial charge in [0.1, 0.15) is 17.8 Å². The van der Waals surface area contributed by atoms with Gasteiger partial charge in [-0.1, -0.05) is 18.2 Å². The van der Waals surface area contributed by atoms with Crippen molar-refractivity contribution in [3.63, 3.8) is 0 Å². The SMILES string of the molecule is ClCCl.O=C1Cc2cc(CO)ccc2S(=O)(=O)C1.O=Cc1ccc2c(c1)CC(=O)CS2(=O)=O.[O]=[Mn]=[O]. The number of aldehydes is 1. The first-order valence-corrected chi connectivity index (χ1v) is 15.0. The number of aliphatic hydroxyl groups excluding tert-OH is 1. The molecule has 0 radical (unpaired) electrons. The summed E-state index contributed by atoms with van der Waals surface area (Å²) in [7, 11) is -6.93. The first-order valence-electron chi connectivity index (χ1n) is 9.70. The van der Waals surface area contributed by atoms with Crippen molar-refractivity contribution in [1.82, 2.24) is 0 Å². The number of sulfone groups is 2. The molecule has 2 aromatic rings. The Bertz CT molecular complexity index is 1380. The number of hydrogen-bond acceptors (Lipinski definition) is 10. The molecule has 0 amide bonds. The van der Waals surface area contributed by atoms with Gasteiger partial charge in [0.25, 0.3) is 0 Å². The fourth-order valence-electron chi connectivity index (χ4n) is 3.39. The summed E-state index contributed by atoms with van der Waals surface area (Å²) in [6.45, 7) is -0.151. The molecule has 0 atom stereocenters. The molecule has 0 unspecified atom stereocenters. The van der Waals surface area contributed by atoms with E-state index in [1.165, 1.54) is 24.3 Å². The van der Waals surface area contributed by atoms with E-state index < -0.39 is 46.0 Å². The quantitative estimate of drug-likeness (QED) is 0.295. The maximum absolute atomic E-state index is 11.6. The summed E-state index contributed by atoms with van der Waals surface area (Å²) < 4.78 is 63.2. The van der Waals surface area contributed by atoms with Crippen LogP contribution in [0.2, 0.25) is 0 Å². The number of alkyl halides is 2. The van der Waals surface area contributed by atoms with Crippen LogP contribution in [0, 0.1) is 0 Å². The van der Waals surface area contributed by atoms with E-state index in [0.717, 1.165) is 0 Å². The molecule has 197 valence electrons. The van der Waals surface area contributed by atoms with Crippen LogP contribution >= 0.6 is 23.2 Å².